The van der Waals surface area contributed by atoms with Crippen molar-refractivity contribution in [1.29, 1.82) is 0 Å². The number of hydrazine groups is 1. The maximum absolute atomic E-state index is 11.1. The van der Waals surface area contributed by atoms with E-state index in [-0.39, 0.29) is 29.7 Å². The molecule has 5 N–H and O–H groups in total. The van der Waals surface area contributed by atoms with E-state index in [4.69, 9.17) is 10.6 Å². The number of methoxy groups -OCH3 is 1. The van der Waals surface area contributed by atoms with Crippen molar-refractivity contribution < 1.29 is 14.8 Å². The van der Waals surface area contributed by atoms with Gasteiger partial charge in [0, 0.05) is 26.7 Å². The van der Waals surface area contributed by atoms with Crippen molar-refractivity contribution in [2.45, 2.75) is 25.9 Å². The molecule has 0 aromatic carbocycles. The van der Waals surface area contributed by atoms with E-state index in [2.05, 4.69) is 20.7 Å². The van der Waals surface area contributed by atoms with E-state index in [1.165, 1.54) is 14.0 Å². The first-order chi connectivity index (χ1) is 9.80. The third-order valence-corrected chi connectivity index (χ3v) is 2.85. The summed E-state index contributed by atoms with van der Waals surface area (Å²) in [4.78, 5) is 18.3. The highest BCUT2D eigenvalue weighted by atomic mass is 16.6. The molecule has 10 nitrogen and oxygen atoms in total. The van der Waals surface area contributed by atoms with Gasteiger partial charge in [0.2, 0.25) is 11.8 Å². The van der Waals surface area contributed by atoms with Crippen LogP contribution >= 0.6 is 0 Å². The fraction of sp³-hybridized carbons (Fsp3) is 0.636. The van der Waals surface area contributed by atoms with Crippen LogP contribution in [-0.4, -0.2) is 45.9 Å². The van der Waals surface area contributed by atoms with E-state index in [9.17, 15) is 15.2 Å². The fourth-order valence-electron chi connectivity index (χ4n) is 1.66. The van der Waals surface area contributed by atoms with Gasteiger partial charge < -0.3 is 15.2 Å². The molecule has 1 rings (SSSR count). The number of anilines is 2. The number of nitrogens with two attached hydrogens (primary N) is 1. The van der Waals surface area contributed by atoms with Crippen molar-refractivity contribution in [3.05, 3.63) is 15.8 Å². The lowest BCUT2D eigenvalue weighted by Gasteiger charge is -2.23. The lowest BCUT2D eigenvalue weighted by molar-refractivity contribution is -0.385. The molecule has 118 valence electrons. The van der Waals surface area contributed by atoms with Crippen LogP contribution in [-0.2, 0) is 4.74 Å². The zero-order valence-electron chi connectivity index (χ0n) is 12.2. The lowest BCUT2D eigenvalue weighted by atomic mass is 10.0. The minimum absolute atomic E-state index is 0.00172. The van der Waals surface area contributed by atoms with Crippen molar-refractivity contribution in [1.82, 2.24) is 9.97 Å². The Morgan fingerprint density at radius 3 is 2.71 bits per heavy atom. The van der Waals surface area contributed by atoms with E-state index >= 15 is 0 Å². The van der Waals surface area contributed by atoms with Gasteiger partial charge in [-0.25, -0.2) is 10.8 Å². The molecule has 0 aliphatic carbocycles. The second-order valence-electron chi connectivity index (χ2n) is 4.82. The first kappa shape index (κ1) is 17.0. The molecular weight excluding hydrogens is 280 g/mol. The number of ether oxygens (including phenoxy) is 1. The summed E-state index contributed by atoms with van der Waals surface area (Å²) in [6, 6.07) is 0. The van der Waals surface area contributed by atoms with Crippen molar-refractivity contribution in [2.24, 2.45) is 5.84 Å². The number of aromatic nitrogens is 2. The minimum atomic E-state index is -1.10. The molecule has 0 saturated carbocycles. The highest BCUT2D eigenvalue weighted by molar-refractivity contribution is 5.60. The molecule has 1 aromatic heterocycles. The molecule has 10 heteroatoms. The molecule has 1 unspecified atom stereocenters. The summed E-state index contributed by atoms with van der Waals surface area (Å²) in [7, 11) is 1.53. The Morgan fingerprint density at radius 2 is 2.19 bits per heavy atom. The number of hydrogen-bond acceptors (Lipinski definition) is 9. The summed E-state index contributed by atoms with van der Waals surface area (Å²) >= 11 is 0. The van der Waals surface area contributed by atoms with Gasteiger partial charge in [-0.1, -0.05) is 0 Å². The third-order valence-electron chi connectivity index (χ3n) is 2.85. The minimum Gasteiger partial charge on any atom is -0.388 e. The predicted octanol–water partition coefficient (Wildman–Crippen LogP) is 0.178. The topological polar surface area (TPSA) is 148 Å². The zero-order valence-corrected chi connectivity index (χ0v) is 12.2. The Balaban J connectivity index is 2.96. The van der Waals surface area contributed by atoms with Crippen LogP contribution < -0.4 is 16.6 Å². The number of nitrogens with zero attached hydrogens (tertiary/aromatic N) is 3. The summed E-state index contributed by atoms with van der Waals surface area (Å²) in [6.45, 7) is 3.52. The number of nitro groups is 1. The molecule has 0 amide bonds. The number of rotatable bonds is 8. The summed E-state index contributed by atoms with van der Waals surface area (Å²) < 4.78 is 4.90. The normalized spacial score (nSPS) is 13.6. The van der Waals surface area contributed by atoms with E-state index in [0.29, 0.717) is 13.0 Å². The van der Waals surface area contributed by atoms with Gasteiger partial charge in [-0.3, -0.25) is 15.5 Å². The van der Waals surface area contributed by atoms with Gasteiger partial charge in [-0.05, 0) is 13.8 Å². The average Bonchev–Trinajstić information content (AvgIpc) is 2.42. The zero-order chi connectivity index (χ0) is 16.0. The predicted molar refractivity (Wildman–Crippen MR) is 76.8 cm³/mol. The summed E-state index contributed by atoms with van der Waals surface area (Å²) in [5, 5.41) is 24.0. The summed E-state index contributed by atoms with van der Waals surface area (Å²) in [6.07, 6.45) is 0.371. The van der Waals surface area contributed by atoms with Crippen LogP contribution in [0.4, 0.5) is 17.5 Å². The second kappa shape index (κ2) is 7.11. The van der Waals surface area contributed by atoms with Crippen LogP contribution in [0.2, 0.25) is 0 Å². The summed E-state index contributed by atoms with van der Waals surface area (Å²) in [5.74, 6) is 5.27. The van der Waals surface area contributed by atoms with Crippen LogP contribution in [0.25, 0.3) is 0 Å². The number of nitrogen functional groups attached to an aromatic ring is 1. The lowest BCUT2D eigenvalue weighted by Crippen LogP contribution is -2.35. The van der Waals surface area contributed by atoms with Crippen molar-refractivity contribution in [2.75, 3.05) is 31.0 Å². The van der Waals surface area contributed by atoms with E-state index in [1.807, 2.05) is 0 Å². The van der Waals surface area contributed by atoms with Gasteiger partial charge in [0.1, 0.15) is 5.69 Å². The SMILES string of the molecule is COCCC(C)(O)CNc1nc(NN)nc(C)c1[N+](=O)[O-]. The molecule has 0 aliphatic heterocycles. The van der Waals surface area contributed by atoms with E-state index in [1.54, 1.807) is 6.92 Å². The molecule has 1 atom stereocenters. The quantitative estimate of drug-likeness (QED) is 0.299. The maximum Gasteiger partial charge on any atom is 0.332 e. The third kappa shape index (κ3) is 4.77. The maximum atomic E-state index is 11.1. The van der Waals surface area contributed by atoms with Crippen LogP contribution in [0.3, 0.4) is 0 Å². The molecule has 0 bridgehead atoms. The van der Waals surface area contributed by atoms with E-state index in [0.717, 1.165) is 0 Å². The Kier molecular flexibility index (Phi) is 5.76. The Bertz CT molecular complexity index is 508. The van der Waals surface area contributed by atoms with Gasteiger partial charge in [0.05, 0.1) is 10.5 Å². The van der Waals surface area contributed by atoms with Crippen LogP contribution in [0, 0.1) is 17.0 Å². The van der Waals surface area contributed by atoms with Crippen LogP contribution in [0.1, 0.15) is 19.0 Å². The summed E-state index contributed by atoms with van der Waals surface area (Å²) in [5.41, 5.74) is 1.06. The van der Waals surface area contributed by atoms with Gasteiger partial charge in [0.25, 0.3) is 0 Å². The molecule has 1 heterocycles. The van der Waals surface area contributed by atoms with Crippen molar-refractivity contribution in [3.8, 4) is 0 Å². The monoisotopic (exact) mass is 300 g/mol. The molecule has 0 aliphatic rings. The molecule has 0 radical (unpaired) electrons. The smallest absolute Gasteiger partial charge is 0.332 e. The Labute approximate surface area is 121 Å². The standard InChI is InChI=1S/C11H20N6O4/c1-7-8(17(19)20)9(15-10(14-7)16-12)13-6-11(2,18)4-5-21-3/h18H,4-6,12H2,1-3H3,(H2,13,14,15,16). The van der Waals surface area contributed by atoms with E-state index < -0.39 is 10.5 Å². The van der Waals surface area contributed by atoms with Crippen molar-refractivity contribution >= 4 is 17.5 Å². The molecule has 0 saturated heterocycles. The highest BCUT2D eigenvalue weighted by Gasteiger charge is 2.25. The van der Waals surface area contributed by atoms with Crippen LogP contribution in [0.5, 0.6) is 0 Å². The van der Waals surface area contributed by atoms with Gasteiger partial charge in [0.15, 0.2) is 0 Å². The van der Waals surface area contributed by atoms with Gasteiger partial charge >= 0.3 is 5.69 Å². The highest BCUT2D eigenvalue weighted by Crippen LogP contribution is 2.27. The average molecular weight is 300 g/mol. The van der Waals surface area contributed by atoms with Gasteiger partial charge in [-0.2, -0.15) is 4.98 Å². The van der Waals surface area contributed by atoms with Crippen LogP contribution in [0.15, 0.2) is 0 Å². The fourth-order valence-corrected chi connectivity index (χ4v) is 1.66. The van der Waals surface area contributed by atoms with Crippen molar-refractivity contribution in [3.63, 3.8) is 0 Å². The molecular formula is C11H20N6O4. The first-order valence-corrected chi connectivity index (χ1v) is 6.25. The number of nitrogens with one attached hydrogen (secondary N) is 2. The molecule has 21 heavy (non-hydrogen) atoms. The molecule has 0 spiro atoms. The number of aryl methyl sites for hydroxylation is 1. The molecule has 0 fully saturated rings. The molecule has 1 aromatic rings. The largest absolute Gasteiger partial charge is 0.388 e. The Hall–Kier alpha value is -2.04. The number of aliphatic hydroxyl groups is 1. The number of hydrogen-bond donors (Lipinski definition) is 4. The van der Waals surface area contributed by atoms with Gasteiger partial charge in [-0.15, -0.1) is 0 Å². The second-order valence-corrected chi connectivity index (χ2v) is 4.82. The first-order valence-electron chi connectivity index (χ1n) is 6.25. The Morgan fingerprint density at radius 1 is 1.52 bits per heavy atom.